The van der Waals surface area contributed by atoms with Crippen LogP contribution in [0.4, 0.5) is 5.69 Å². The normalized spacial score (nSPS) is 16.8. The van der Waals surface area contributed by atoms with E-state index in [1.54, 1.807) is 19.1 Å². The summed E-state index contributed by atoms with van der Waals surface area (Å²) in [5.74, 6) is 1.96. The summed E-state index contributed by atoms with van der Waals surface area (Å²) in [5.41, 5.74) is 4.01. The van der Waals surface area contributed by atoms with Gasteiger partial charge >= 0.3 is 0 Å². The highest BCUT2D eigenvalue weighted by Gasteiger charge is 2.32. The number of carbonyl (C=O) groups is 1. The van der Waals surface area contributed by atoms with Crippen LogP contribution in [0.15, 0.2) is 46.3 Å². The Morgan fingerprint density at radius 2 is 1.83 bits per heavy atom. The number of hydrogen-bond donors (Lipinski definition) is 0. The Balaban J connectivity index is 1.97. The lowest BCUT2D eigenvalue weighted by molar-refractivity contribution is -0.122. The molecular weight excluding hydrogens is 396 g/mol. The van der Waals surface area contributed by atoms with Crippen molar-refractivity contribution in [1.29, 1.82) is 0 Å². The van der Waals surface area contributed by atoms with E-state index in [0.717, 1.165) is 33.9 Å². The topological polar surface area (TPSA) is 51.1 Å². The fourth-order valence-electron chi connectivity index (χ4n) is 3.28. The third-order valence-corrected chi connectivity index (χ3v) is 6.04. The third-order valence-electron chi connectivity index (χ3n) is 5.03. The first-order valence-electron chi connectivity index (χ1n) is 10.0. The van der Waals surface area contributed by atoms with E-state index < -0.39 is 0 Å². The maximum absolute atomic E-state index is 13.0. The highest BCUT2D eigenvalue weighted by molar-refractivity contribution is 8.18. The van der Waals surface area contributed by atoms with Gasteiger partial charge in [-0.05, 0) is 90.7 Å². The summed E-state index contributed by atoms with van der Waals surface area (Å²) in [6.45, 7) is 8.83. The number of carbonyl (C=O) groups excluding carboxylic acids is 1. The zero-order valence-electron chi connectivity index (χ0n) is 18.4. The fourth-order valence-corrected chi connectivity index (χ4v) is 4.33. The number of thioether (sulfide) groups is 1. The minimum Gasteiger partial charge on any atom is -0.497 e. The van der Waals surface area contributed by atoms with E-state index in [-0.39, 0.29) is 5.91 Å². The molecule has 6 heteroatoms. The first-order valence-corrected chi connectivity index (χ1v) is 10.8. The predicted molar refractivity (Wildman–Crippen MR) is 125 cm³/mol. The zero-order valence-corrected chi connectivity index (χ0v) is 19.2. The van der Waals surface area contributed by atoms with Crippen LogP contribution in [-0.4, -0.2) is 36.7 Å². The van der Waals surface area contributed by atoms with Crippen molar-refractivity contribution in [2.45, 2.75) is 33.6 Å². The number of amidine groups is 1. The Morgan fingerprint density at radius 3 is 2.40 bits per heavy atom. The number of aryl methyl sites for hydroxylation is 1. The van der Waals surface area contributed by atoms with Gasteiger partial charge < -0.3 is 9.47 Å². The van der Waals surface area contributed by atoms with Crippen molar-refractivity contribution in [2.75, 3.05) is 20.8 Å². The van der Waals surface area contributed by atoms with Gasteiger partial charge in [-0.15, -0.1) is 0 Å². The predicted octanol–water partition coefficient (Wildman–Crippen LogP) is 5.76. The maximum Gasteiger partial charge on any atom is 0.266 e. The molecule has 0 radical (unpaired) electrons. The number of benzene rings is 2. The molecule has 1 saturated heterocycles. The van der Waals surface area contributed by atoms with E-state index in [1.807, 2.05) is 50.3 Å². The van der Waals surface area contributed by atoms with Gasteiger partial charge in [0.25, 0.3) is 5.91 Å². The van der Waals surface area contributed by atoms with Crippen LogP contribution in [0.25, 0.3) is 6.08 Å². The number of nitrogens with zero attached hydrogens (tertiary/aromatic N) is 2. The fraction of sp³-hybridized carbons (Fsp3) is 0.333. The van der Waals surface area contributed by atoms with Gasteiger partial charge in [-0.1, -0.05) is 13.8 Å². The molecule has 158 valence electrons. The number of methoxy groups -OCH3 is 2. The first-order chi connectivity index (χ1) is 14.4. The summed E-state index contributed by atoms with van der Waals surface area (Å²) in [6.07, 6.45) is 1.97. The second kappa shape index (κ2) is 9.39. The average Bonchev–Trinajstić information content (AvgIpc) is 3.03. The summed E-state index contributed by atoms with van der Waals surface area (Å²) in [4.78, 5) is 20.1. The van der Waals surface area contributed by atoms with Gasteiger partial charge in [-0.2, -0.15) is 0 Å². The summed E-state index contributed by atoms with van der Waals surface area (Å²) >= 11 is 1.41. The number of ether oxygens (including phenoxy) is 2. The standard InChI is InChI=1S/C24H28N2O3S/c1-7-26-23(27)22(30-24(26)25-18-8-10-19(28-5)11-9-18)14-17-13-20(15(2)3)21(29-6)12-16(17)4/h8-15H,7H2,1-6H3/b22-14+,25-24?. The largest absolute Gasteiger partial charge is 0.497 e. The number of likely N-dealkylation sites (N-methyl/N-ethyl adjacent to an activating group) is 1. The average molecular weight is 425 g/mol. The van der Waals surface area contributed by atoms with Crippen molar-refractivity contribution in [3.05, 3.63) is 58.0 Å². The number of amides is 1. The van der Waals surface area contributed by atoms with Crippen LogP contribution < -0.4 is 9.47 Å². The van der Waals surface area contributed by atoms with Crippen LogP contribution in [0, 0.1) is 6.92 Å². The Hall–Kier alpha value is -2.73. The summed E-state index contributed by atoms with van der Waals surface area (Å²) in [7, 11) is 3.32. The van der Waals surface area contributed by atoms with Crippen LogP contribution >= 0.6 is 11.8 Å². The second-order valence-electron chi connectivity index (χ2n) is 7.36. The van der Waals surface area contributed by atoms with Crippen LogP contribution in [0.2, 0.25) is 0 Å². The molecule has 0 unspecified atom stereocenters. The zero-order chi connectivity index (χ0) is 21.8. The molecule has 30 heavy (non-hydrogen) atoms. The van der Waals surface area contributed by atoms with Crippen LogP contribution in [0.3, 0.4) is 0 Å². The monoisotopic (exact) mass is 424 g/mol. The van der Waals surface area contributed by atoms with Gasteiger partial charge in [0.1, 0.15) is 11.5 Å². The summed E-state index contributed by atoms with van der Waals surface area (Å²) < 4.78 is 10.7. The lowest BCUT2D eigenvalue weighted by atomic mass is 9.96. The molecule has 0 atom stereocenters. The number of rotatable bonds is 6. The van der Waals surface area contributed by atoms with Crippen molar-refractivity contribution in [3.63, 3.8) is 0 Å². The molecule has 1 aliphatic heterocycles. The SMILES string of the molecule is CCN1C(=O)/C(=C\c2cc(C(C)C)c(OC)cc2C)SC1=Nc1ccc(OC)cc1. The molecule has 1 aliphatic rings. The van der Waals surface area contributed by atoms with Crippen molar-refractivity contribution < 1.29 is 14.3 Å². The minimum absolute atomic E-state index is 0.0175. The first kappa shape index (κ1) is 22.0. The summed E-state index contributed by atoms with van der Waals surface area (Å²) in [6, 6.07) is 11.7. The highest BCUT2D eigenvalue weighted by Crippen LogP contribution is 2.36. The van der Waals surface area contributed by atoms with E-state index in [0.29, 0.717) is 22.5 Å². The van der Waals surface area contributed by atoms with E-state index in [1.165, 1.54) is 11.8 Å². The van der Waals surface area contributed by atoms with Crippen LogP contribution in [-0.2, 0) is 4.79 Å². The quantitative estimate of drug-likeness (QED) is 0.553. The lowest BCUT2D eigenvalue weighted by Crippen LogP contribution is -2.28. The molecule has 1 fully saturated rings. The number of aliphatic imine (C=N–C) groups is 1. The molecule has 0 N–H and O–H groups in total. The second-order valence-corrected chi connectivity index (χ2v) is 8.37. The molecule has 0 saturated carbocycles. The van der Waals surface area contributed by atoms with Gasteiger partial charge in [0.15, 0.2) is 5.17 Å². The molecule has 5 nitrogen and oxygen atoms in total. The Morgan fingerprint density at radius 1 is 1.13 bits per heavy atom. The van der Waals surface area contributed by atoms with Crippen LogP contribution in [0.1, 0.15) is 43.4 Å². The molecule has 0 aromatic heterocycles. The van der Waals surface area contributed by atoms with Gasteiger partial charge in [0.05, 0.1) is 24.8 Å². The molecule has 0 bridgehead atoms. The van der Waals surface area contributed by atoms with Crippen LogP contribution in [0.5, 0.6) is 11.5 Å². The minimum atomic E-state index is -0.0175. The summed E-state index contributed by atoms with van der Waals surface area (Å²) in [5, 5.41) is 0.689. The lowest BCUT2D eigenvalue weighted by Gasteiger charge is -2.15. The third kappa shape index (κ3) is 4.54. The van der Waals surface area contributed by atoms with Gasteiger partial charge in [0, 0.05) is 6.54 Å². The Labute approximate surface area is 182 Å². The van der Waals surface area contributed by atoms with Crippen molar-refractivity contribution in [2.24, 2.45) is 4.99 Å². The van der Waals surface area contributed by atoms with E-state index in [4.69, 9.17) is 14.5 Å². The van der Waals surface area contributed by atoms with E-state index in [2.05, 4.69) is 19.9 Å². The van der Waals surface area contributed by atoms with Gasteiger partial charge in [-0.3, -0.25) is 9.69 Å². The number of hydrogen-bond acceptors (Lipinski definition) is 5. The highest BCUT2D eigenvalue weighted by atomic mass is 32.2. The van der Waals surface area contributed by atoms with Crippen molar-refractivity contribution in [1.82, 2.24) is 4.90 Å². The molecule has 0 aliphatic carbocycles. The smallest absolute Gasteiger partial charge is 0.266 e. The van der Waals surface area contributed by atoms with Gasteiger partial charge in [0.2, 0.25) is 0 Å². The van der Waals surface area contributed by atoms with Gasteiger partial charge in [-0.25, -0.2) is 4.99 Å². The van der Waals surface area contributed by atoms with Crippen molar-refractivity contribution in [3.8, 4) is 11.5 Å². The molecule has 2 aromatic carbocycles. The Bertz CT molecular complexity index is 994. The van der Waals surface area contributed by atoms with E-state index in [9.17, 15) is 4.79 Å². The maximum atomic E-state index is 13.0. The van der Waals surface area contributed by atoms with E-state index >= 15 is 0 Å². The molecular formula is C24H28N2O3S. The molecule has 1 amide bonds. The molecule has 2 aromatic rings. The molecule has 0 spiro atoms. The Kier molecular flexibility index (Phi) is 6.87. The molecule has 3 rings (SSSR count). The van der Waals surface area contributed by atoms with Crippen molar-refractivity contribution >= 4 is 34.6 Å². The molecule has 1 heterocycles.